The molecule has 2 heterocycles. The highest BCUT2D eigenvalue weighted by molar-refractivity contribution is 5.16. The summed E-state index contributed by atoms with van der Waals surface area (Å²) in [4.78, 5) is 0. The van der Waals surface area contributed by atoms with Crippen molar-refractivity contribution in [3.05, 3.63) is 0 Å². The molecule has 0 aromatic heterocycles. The first-order valence-corrected chi connectivity index (χ1v) is 3.46. The number of hydrogen-bond donors (Lipinski definition) is 0. The van der Waals surface area contributed by atoms with Crippen molar-refractivity contribution in [2.45, 2.75) is 31.2 Å². The molecule has 2 aliphatic rings. The van der Waals surface area contributed by atoms with Crippen LogP contribution >= 0.6 is 0 Å². The highest BCUT2D eigenvalue weighted by Crippen LogP contribution is 2.45. The van der Waals surface area contributed by atoms with Crippen LogP contribution < -0.4 is 0 Å². The number of rotatable bonds is 0. The lowest BCUT2D eigenvalue weighted by Crippen LogP contribution is -2.13. The molecule has 0 aromatic carbocycles. The van der Waals surface area contributed by atoms with Gasteiger partial charge in [-0.2, -0.15) is 5.26 Å². The fourth-order valence-corrected chi connectivity index (χ4v) is 1.50. The number of ether oxygens (including phenoxy) is 2. The molecule has 2 aliphatic heterocycles. The molecule has 0 amide bonds. The molecular formula is C7H9NO2. The molecule has 2 saturated heterocycles. The van der Waals surface area contributed by atoms with Gasteiger partial charge in [-0.25, -0.2) is 0 Å². The molecule has 0 aromatic rings. The molecular weight excluding hydrogens is 130 g/mol. The van der Waals surface area contributed by atoms with Gasteiger partial charge in [0.15, 0.2) is 6.10 Å². The molecule has 2 fully saturated rings. The average Bonchev–Trinajstić information content (AvgIpc) is 2.46. The minimum absolute atomic E-state index is 0.197. The quantitative estimate of drug-likeness (QED) is 0.458. The third kappa shape index (κ3) is 0.664. The SMILES string of the molecule is CC1CC2(CO1)OC2C#N. The van der Waals surface area contributed by atoms with Gasteiger partial charge in [0.05, 0.1) is 18.8 Å². The van der Waals surface area contributed by atoms with Crippen molar-refractivity contribution in [3.63, 3.8) is 0 Å². The molecule has 3 atom stereocenters. The van der Waals surface area contributed by atoms with Crippen molar-refractivity contribution < 1.29 is 9.47 Å². The number of nitriles is 1. The maximum absolute atomic E-state index is 8.49. The molecule has 3 nitrogen and oxygen atoms in total. The summed E-state index contributed by atoms with van der Waals surface area (Å²) in [7, 11) is 0. The van der Waals surface area contributed by atoms with E-state index in [0.29, 0.717) is 6.61 Å². The fraction of sp³-hybridized carbons (Fsp3) is 0.857. The minimum atomic E-state index is -0.200. The molecule has 2 rings (SSSR count). The lowest BCUT2D eigenvalue weighted by Gasteiger charge is -1.94. The Morgan fingerprint density at radius 3 is 2.90 bits per heavy atom. The standard InChI is InChI=1S/C7H9NO2/c1-5-2-7(4-9-5)6(3-8)10-7/h5-6H,2,4H2,1H3. The van der Waals surface area contributed by atoms with E-state index in [0.717, 1.165) is 6.42 Å². The maximum atomic E-state index is 8.49. The number of hydrogen-bond acceptors (Lipinski definition) is 3. The predicted octanol–water partition coefficient (Wildman–Crippen LogP) is 0.456. The second kappa shape index (κ2) is 1.71. The van der Waals surface area contributed by atoms with Crippen LogP contribution in [0, 0.1) is 11.3 Å². The second-order valence-corrected chi connectivity index (χ2v) is 3.02. The smallest absolute Gasteiger partial charge is 0.176 e. The topological polar surface area (TPSA) is 45.5 Å². The van der Waals surface area contributed by atoms with E-state index in [9.17, 15) is 0 Å². The highest BCUT2D eigenvalue weighted by Gasteiger charge is 2.61. The molecule has 3 heteroatoms. The van der Waals surface area contributed by atoms with Gasteiger partial charge in [-0.3, -0.25) is 0 Å². The van der Waals surface area contributed by atoms with Crippen molar-refractivity contribution in [1.82, 2.24) is 0 Å². The van der Waals surface area contributed by atoms with Crippen molar-refractivity contribution in [2.24, 2.45) is 0 Å². The Balaban J connectivity index is 2.04. The molecule has 0 N–H and O–H groups in total. The molecule has 0 bridgehead atoms. The summed E-state index contributed by atoms with van der Waals surface area (Å²) in [5, 5.41) is 8.49. The van der Waals surface area contributed by atoms with E-state index in [1.807, 2.05) is 6.92 Å². The lowest BCUT2D eigenvalue weighted by molar-refractivity contribution is 0.115. The Morgan fingerprint density at radius 1 is 1.70 bits per heavy atom. The zero-order valence-electron chi connectivity index (χ0n) is 5.83. The van der Waals surface area contributed by atoms with Crippen LogP contribution in [0.15, 0.2) is 0 Å². The summed E-state index contributed by atoms with van der Waals surface area (Å²) < 4.78 is 10.5. The van der Waals surface area contributed by atoms with Gasteiger partial charge >= 0.3 is 0 Å². The Labute approximate surface area is 59.5 Å². The number of epoxide rings is 1. The summed E-state index contributed by atoms with van der Waals surface area (Å²) in [6.45, 7) is 2.61. The Kier molecular flexibility index (Phi) is 1.05. The highest BCUT2D eigenvalue weighted by atomic mass is 16.6. The summed E-state index contributed by atoms with van der Waals surface area (Å²) in [5.74, 6) is 0. The van der Waals surface area contributed by atoms with E-state index in [4.69, 9.17) is 14.7 Å². The third-order valence-electron chi connectivity index (χ3n) is 2.14. The van der Waals surface area contributed by atoms with Crippen LogP contribution in [-0.2, 0) is 9.47 Å². The van der Waals surface area contributed by atoms with Crippen LogP contribution in [0.5, 0.6) is 0 Å². The zero-order chi connectivity index (χ0) is 7.19. The summed E-state index contributed by atoms with van der Waals surface area (Å²) in [6, 6.07) is 2.09. The largest absolute Gasteiger partial charge is 0.375 e. The first kappa shape index (κ1) is 6.14. The molecule has 3 unspecified atom stereocenters. The van der Waals surface area contributed by atoms with Gasteiger partial charge in [-0.1, -0.05) is 0 Å². The van der Waals surface area contributed by atoms with Crippen molar-refractivity contribution in [3.8, 4) is 6.07 Å². The van der Waals surface area contributed by atoms with E-state index in [1.54, 1.807) is 0 Å². The average molecular weight is 139 g/mol. The molecule has 0 radical (unpaired) electrons. The lowest BCUT2D eigenvalue weighted by atomic mass is 10.0. The van der Waals surface area contributed by atoms with Crippen LogP contribution in [0.25, 0.3) is 0 Å². The molecule has 10 heavy (non-hydrogen) atoms. The van der Waals surface area contributed by atoms with Crippen LogP contribution in [-0.4, -0.2) is 24.4 Å². The predicted molar refractivity (Wildman–Crippen MR) is 33.2 cm³/mol. The molecule has 0 saturated carbocycles. The molecule has 1 spiro atoms. The van der Waals surface area contributed by atoms with Gasteiger partial charge in [0, 0.05) is 6.42 Å². The summed E-state index contributed by atoms with van der Waals surface area (Å²) >= 11 is 0. The zero-order valence-corrected chi connectivity index (χ0v) is 5.83. The van der Waals surface area contributed by atoms with E-state index in [1.165, 1.54) is 0 Å². The van der Waals surface area contributed by atoms with E-state index < -0.39 is 0 Å². The first-order valence-electron chi connectivity index (χ1n) is 3.46. The molecule has 0 aliphatic carbocycles. The monoisotopic (exact) mass is 139 g/mol. The molecule has 54 valence electrons. The van der Waals surface area contributed by atoms with Crippen molar-refractivity contribution >= 4 is 0 Å². The van der Waals surface area contributed by atoms with Gasteiger partial charge in [-0.15, -0.1) is 0 Å². The van der Waals surface area contributed by atoms with Crippen LogP contribution in [0.3, 0.4) is 0 Å². The maximum Gasteiger partial charge on any atom is 0.176 e. The summed E-state index contributed by atoms with van der Waals surface area (Å²) in [5.41, 5.74) is -0.200. The van der Waals surface area contributed by atoms with Crippen LogP contribution in [0.2, 0.25) is 0 Å². The minimum Gasteiger partial charge on any atom is -0.375 e. The van der Waals surface area contributed by atoms with Gasteiger partial charge in [0.1, 0.15) is 5.60 Å². The van der Waals surface area contributed by atoms with Gasteiger partial charge < -0.3 is 9.47 Å². The Bertz CT molecular complexity index is 198. The fourth-order valence-electron chi connectivity index (χ4n) is 1.50. The third-order valence-corrected chi connectivity index (χ3v) is 2.14. The van der Waals surface area contributed by atoms with E-state index in [2.05, 4.69) is 6.07 Å². The Morgan fingerprint density at radius 2 is 2.50 bits per heavy atom. The van der Waals surface area contributed by atoms with Crippen molar-refractivity contribution in [1.29, 1.82) is 5.26 Å². The van der Waals surface area contributed by atoms with E-state index >= 15 is 0 Å². The second-order valence-electron chi connectivity index (χ2n) is 3.02. The van der Waals surface area contributed by atoms with Crippen molar-refractivity contribution in [2.75, 3.05) is 6.61 Å². The normalized spacial score (nSPS) is 51.2. The van der Waals surface area contributed by atoms with Gasteiger partial charge in [0.25, 0.3) is 0 Å². The van der Waals surface area contributed by atoms with Gasteiger partial charge in [0.2, 0.25) is 0 Å². The first-order chi connectivity index (χ1) is 4.77. The van der Waals surface area contributed by atoms with Crippen LogP contribution in [0.4, 0.5) is 0 Å². The van der Waals surface area contributed by atoms with Gasteiger partial charge in [-0.05, 0) is 6.92 Å². The van der Waals surface area contributed by atoms with Crippen LogP contribution in [0.1, 0.15) is 13.3 Å². The number of nitrogens with zero attached hydrogens (tertiary/aromatic N) is 1. The summed E-state index contributed by atoms with van der Waals surface area (Å²) in [6.07, 6.45) is 0.946. The van der Waals surface area contributed by atoms with E-state index in [-0.39, 0.29) is 17.8 Å². The Hall–Kier alpha value is -0.590.